The van der Waals surface area contributed by atoms with Crippen LogP contribution >= 0.6 is 0 Å². The second-order valence-electron chi connectivity index (χ2n) is 4.43. The molecule has 0 aromatic heterocycles. The molecule has 0 saturated carbocycles. The summed E-state index contributed by atoms with van der Waals surface area (Å²) in [6.45, 7) is -0.0105. The van der Waals surface area contributed by atoms with Gasteiger partial charge in [-0.2, -0.15) is 0 Å². The number of carboxylic acid groups (broad SMARTS) is 1. The fraction of sp³-hybridized carbons (Fsp3) is 0.727. The van der Waals surface area contributed by atoms with Crippen LogP contribution in [0.2, 0.25) is 0 Å². The van der Waals surface area contributed by atoms with Crippen LogP contribution in [0.15, 0.2) is 0 Å². The standard InChI is InChI=1S/C11H19NO9/c1-5(14)12-11(21,3-7(16)10(19)20)2-6(15)9(18)8(17)4-13/h6,8-9,13,15,17-18,21H,2-4H2,1H3,(H,12,14)(H,19,20)/t6-,8-,9+,11+/m1/s1/i3D/t3-,6-,8-,9+,11+. The highest BCUT2D eigenvalue weighted by molar-refractivity contribution is 6.32. The number of hydrogen-bond donors (Lipinski definition) is 7. The summed E-state index contributed by atoms with van der Waals surface area (Å²) in [5.74, 6) is -4.71. The van der Waals surface area contributed by atoms with Gasteiger partial charge in [0.2, 0.25) is 11.7 Å². The number of carbonyl (C=O) groups is 3. The molecule has 10 heteroatoms. The summed E-state index contributed by atoms with van der Waals surface area (Å²) < 4.78 is 7.44. The first-order chi connectivity index (χ1) is 9.96. The Kier molecular flexibility index (Phi) is 6.65. The zero-order valence-electron chi connectivity index (χ0n) is 12.1. The molecule has 0 saturated heterocycles. The smallest absolute Gasteiger partial charge is 0.372 e. The number of aliphatic hydroxyl groups is 5. The van der Waals surface area contributed by atoms with E-state index in [4.69, 9.17) is 11.6 Å². The maximum atomic E-state index is 11.3. The number of nitrogens with one attached hydrogen (secondary N) is 1. The summed E-state index contributed by atoms with van der Waals surface area (Å²) in [5, 5.41) is 57.4. The summed E-state index contributed by atoms with van der Waals surface area (Å²) in [6, 6.07) is 0. The summed E-state index contributed by atoms with van der Waals surface area (Å²) >= 11 is 0. The molecule has 7 N–H and O–H groups in total. The minimum Gasteiger partial charge on any atom is -0.475 e. The Bertz CT molecular complexity index is 432. The molecule has 0 aromatic rings. The molecule has 21 heavy (non-hydrogen) atoms. The van der Waals surface area contributed by atoms with Crippen LogP contribution in [0.4, 0.5) is 0 Å². The Balaban J connectivity index is 5.31. The zero-order chi connectivity index (χ0) is 17.7. The van der Waals surface area contributed by atoms with Gasteiger partial charge in [0.25, 0.3) is 0 Å². The summed E-state index contributed by atoms with van der Waals surface area (Å²) in [4.78, 5) is 32.9. The lowest BCUT2D eigenvalue weighted by Gasteiger charge is -2.32. The first-order valence-electron chi connectivity index (χ1n) is 6.39. The number of Topliss-reactive ketones (excluding diaryl/α,β-unsaturated/α-hetero) is 1. The van der Waals surface area contributed by atoms with Crippen molar-refractivity contribution in [3.63, 3.8) is 0 Å². The first kappa shape index (κ1) is 17.5. The molecular weight excluding hydrogens is 290 g/mol. The molecule has 1 amide bonds. The number of aliphatic hydroxyl groups excluding tert-OH is 4. The van der Waals surface area contributed by atoms with Crippen molar-refractivity contribution in [1.82, 2.24) is 5.32 Å². The lowest BCUT2D eigenvalue weighted by Crippen LogP contribution is -2.54. The molecule has 0 unspecified atom stereocenters. The fourth-order valence-electron chi connectivity index (χ4n) is 1.53. The molecule has 122 valence electrons. The largest absolute Gasteiger partial charge is 0.475 e. The Morgan fingerprint density at radius 2 is 1.76 bits per heavy atom. The van der Waals surface area contributed by atoms with Gasteiger partial charge in [0.1, 0.15) is 17.9 Å². The number of carboxylic acids is 1. The van der Waals surface area contributed by atoms with Crippen LogP contribution < -0.4 is 5.32 Å². The first-order valence-corrected chi connectivity index (χ1v) is 5.81. The van der Waals surface area contributed by atoms with E-state index < -0.39 is 61.1 Å². The molecular formula is C11H19NO9. The average Bonchev–Trinajstić information content (AvgIpc) is 2.42. The van der Waals surface area contributed by atoms with Crippen molar-refractivity contribution in [1.29, 1.82) is 0 Å². The van der Waals surface area contributed by atoms with E-state index in [0.717, 1.165) is 6.92 Å². The third-order valence-corrected chi connectivity index (χ3v) is 2.47. The van der Waals surface area contributed by atoms with Gasteiger partial charge in [0.05, 0.1) is 19.1 Å². The molecule has 0 radical (unpaired) electrons. The van der Waals surface area contributed by atoms with Crippen molar-refractivity contribution in [2.45, 2.75) is 43.8 Å². The number of aliphatic carboxylic acids is 1. The van der Waals surface area contributed by atoms with Crippen LogP contribution in [-0.2, 0) is 14.4 Å². The molecule has 0 fully saturated rings. The minimum atomic E-state index is -2.79. The maximum Gasteiger partial charge on any atom is 0.372 e. The van der Waals surface area contributed by atoms with Crippen molar-refractivity contribution in [3.8, 4) is 0 Å². The second kappa shape index (κ2) is 8.00. The Morgan fingerprint density at radius 1 is 1.24 bits per heavy atom. The van der Waals surface area contributed by atoms with E-state index in [9.17, 15) is 34.8 Å². The predicted molar refractivity (Wildman–Crippen MR) is 65.7 cm³/mol. The van der Waals surface area contributed by atoms with Crippen molar-refractivity contribution >= 4 is 17.7 Å². The molecule has 10 nitrogen and oxygen atoms in total. The Labute approximate surface area is 121 Å². The summed E-state index contributed by atoms with van der Waals surface area (Å²) in [7, 11) is 0. The van der Waals surface area contributed by atoms with Gasteiger partial charge in [0, 0.05) is 14.7 Å². The van der Waals surface area contributed by atoms with Gasteiger partial charge < -0.3 is 36.0 Å². The van der Waals surface area contributed by atoms with Gasteiger partial charge in [-0.25, -0.2) is 4.79 Å². The number of carbonyl (C=O) groups excluding carboxylic acids is 2. The summed E-state index contributed by atoms with van der Waals surface area (Å²) in [6.07, 6.45) is -9.12. The van der Waals surface area contributed by atoms with Gasteiger partial charge in [-0.05, 0) is 0 Å². The van der Waals surface area contributed by atoms with E-state index in [1.165, 1.54) is 0 Å². The lowest BCUT2D eigenvalue weighted by molar-refractivity contribution is -0.156. The van der Waals surface area contributed by atoms with E-state index in [1.807, 2.05) is 0 Å². The molecule has 0 aromatic carbocycles. The van der Waals surface area contributed by atoms with Crippen molar-refractivity contribution in [2.75, 3.05) is 6.61 Å². The van der Waals surface area contributed by atoms with Gasteiger partial charge in [-0.1, -0.05) is 0 Å². The van der Waals surface area contributed by atoms with Gasteiger partial charge >= 0.3 is 5.97 Å². The predicted octanol–water partition coefficient (Wildman–Crippen LogP) is -3.68. The van der Waals surface area contributed by atoms with Gasteiger partial charge in [-0.15, -0.1) is 0 Å². The molecule has 0 aliphatic rings. The Hall–Kier alpha value is -1.59. The van der Waals surface area contributed by atoms with Crippen LogP contribution in [0.3, 0.4) is 0 Å². The summed E-state index contributed by atoms with van der Waals surface area (Å²) in [5.41, 5.74) is -2.79. The van der Waals surface area contributed by atoms with Crippen molar-refractivity contribution in [2.24, 2.45) is 0 Å². The lowest BCUT2D eigenvalue weighted by atomic mass is 9.94. The average molecular weight is 310 g/mol. The van der Waals surface area contributed by atoms with Crippen LogP contribution in [0.1, 0.15) is 21.1 Å². The molecule has 5 atom stereocenters. The van der Waals surface area contributed by atoms with Crippen molar-refractivity contribution in [3.05, 3.63) is 0 Å². The molecule has 0 aliphatic carbocycles. The molecule has 0 rings (SSSR count). The molecule has 0 spiro atoms. The molecule has 0 heterocycles. The third-order valence-electron chi connectivity index (χ3n) is 2.47. The van der Waals surface area contributed by atoms with E-state index in [0.29, 0.717) is 0 Å². The fourth-order valence-corrected chi connectivity index (χ4v) is 1.53. The van der Waals surface area contributed by atoms with Crippen molar-refractivity contribution < 1.29 is 46.4 Å². The van der Waals surface area contributed by atoms with Crippen LogP contribution in [0.25, 0.3) is 0 Å². The Morgan fingerprint density at radius 3 is 2.14 bits per heavy atom. The van der Waals surface area contributed by atoms with E-state index in [-0.39, 0.29) is 0 Å². The topological polar surface area (TPSA) is 185 Å². The highest BCUT2D eigenvalue weighted by Gasteiger charge is 2.38. The normalized spacial score (nSPS) is 20.4. The van der Waals surface area contributed by atoms with Crippen LogP contribution in [-0.4, -0.2) is 78.9 Å². The number of rotatable bonds is 9. The van der Waals surface area contributed by atoms with Crippen LogP contribution in [0, 0.1) is 0 Å². The highest BCUT2D eigenvalue weighted by atomic mass is 16.4. The molecule has 0 bridgehead atoms. The minimum absolute atomic E-state index is 0.911. The van der Waals surface area contributed by atoms with Gasteiger partial charge in [0.15, 0.2) is 0 Å². The quantitative estimate of drug-likeness (QED) is 0.166. The second-order valence-corrected chi connectivity index (χ2v) is 4.43. The maximum absolute atomic E-state index is 11.3. The highest BCUT2D eigenvalue weighted by Crippen LogP contribution is 2.18. The van der Waals surface area contributed by atoms with E-state index in [2.05, 4.69) is 0 Å². The van der Waals surface area contributed by atoms with E-state index >= 15 is 0 Å². The van der Waals surface area contributed by atoms with E-state index in [1.54, 1.807) is 5.32 Å². The number of hydrogen-bond acceptors (Lipinski definition) is 8. The van der Waals surface area contributed by atoms with Gasteiger partial charge in [-0.3, -0.25) is 9.59 Å². The SMILES string of the molecule is [2H][C@H](C(=O)C(=O)O)[C@@](O)(C[C@@H](O)[C@H](O)[C@H](O)CO)NC(C)=O. The molecule has 0 aliphatic heterocycles. The number of ketones is 1. The zero-order valence-corrected chi connectivity index (χ0v) is 11.1. The van der Waals surface area contributed by atoms with Crippen LogP contribution in [0.5, 0.6) is 0 Å². The third kappa shape index (κ3) is 6.60. The monoisotopic (exact) mass is 310 g/mol. The number of amides is 1.